The molecule has 1 fully saturated rings. The van der Waals surface area contributed by atoms with Crippen molar-refractivity contribution in [3.8, 4) is 0 Å². The van der Waals surface area contributed by atoms with Crippen molar-refractivity contribution in [1.82, 2.24) is 10.2 Å². The monoisotopic (exact) mass is 635 g/mol. The second kappa shape index (κ2) is 13.9. The summed E-state index contributed by atoms with van der Waals surface area (Å²) in [5.41, 5.74) is 1.73. The summed E-state index contributed by atoms with van der Waals surface area (Å²) in [7, 11) is -3.94. The highest BCUT2D eigenvalue weighted by Crippen LogP contribution is 2.31. The van der Waals surface area contributed by atoms with Gasteiger partial charge in [0.15, 0.2) is 0 Å². The van der Waals surface area contributed by atoms with Crippen LogP contribution in [0, 0.1) is 0 Å². The number of rotatable bonds is 11. The van der Waals surface area contributed by atoms with Gasteiger partial charge < -0.3 is 10.2 Å². The molecule has 0 aromatic heterocycles. The van der Waals surface area contributed by atoms with Crippen LogP contribution in [0.4, 0.5) is 5.69 Å². The van der Waals surface area contributed by atoms with Gasteiger partial charge in [-0.05, 0) is 54.3 Å². The van der Waals surface area contributed by atoms with Crippen LogP contribution in [0.25, 0.3) is 0 Å². The minimum absolute atomic E-state index is 0.0358. The van der Waals surface area contributed by atoms with E-state index in [1.54, 1.807) is 24.3 Å². The Morgan fingerprint density at radius 1 is 0.902 bits per heavy atom. The highest BCUT2D eigenvalue weighted by molar-refractivity contribution is 7.92. The summed E-state index contributed by atoms with van der Waals surface area (Å²) in [5, 5.41) is 4.08. The van der Waals surface area contributed by atoms with Crippen molar-refractivity contribution in [3.63, 3.8) is 0 Å². The number of anilines is 1. The molecule has 218 valence electrons. The molecular formula is C30H32Cl3N3O4S. The highest BCUT2D eigenvalue weighted by atomic mass is 35.5. The maximum absolute atomic E-state index is 14.1. The molecule has 2 amide bonds. The number of hydrogen-bond acceptors (Lipinski definition) is 4. The fourth-order valence-electron chi connectivity index (χ4n) is 4.99. The van der Waals surface area contributed by atoms with Crippen LogP contribution in [-0.4, -0.2) is 50.0 Å². The molecule has 1 atom stereocenters. The van der Waals surface area contributed by atoms with Gasteiger partial charge >= 0.3 is 0 Å². The number of amides is 2. The first-order valence-electron chi connectivity index (χ1n) is 13.3. The van der Waals surface area contributed by atoms with E-state index in [9.17, 15) is 18.0 Å². The number of hydrogen-bond donors (Lipinski definition) is 1. The van der Waals surface area contributed by atoms with Crippen LogP contribution >= 0.6 is 34.8 Å². The van der Waals surface area contributed by atoms with Gasteiger partial charge in [-0.25, -0.2) is 8.42 Å². The first-order valence-corrected chi connectivity index (χ1v) is 16.3. The van der Waals surface area contributed by atoms with Crippen LogP contribution in [0.2, 0.25) is 15.1 Å². The summed E-state index contributed by atoms with van der Waals surface area (Å²) in [5.74, 6) is -0.836. The van der Waals surface area contributed by atoms with Gasteiger partial charge in [-0.15, -0.1) is 0 Å². The molecule has 0 aliphatic heterocycles. The lowest BCUT2D eigenvalue weighted by Crippen LogP contribution is -2.54. The number of nitrogens with zero attached hydrogens (tertiary/aromatic N) is 2. The average Bonchev–Trinajstić information content (AvgIpc) is 3.43. The minimum Gasteiger partial charge on any atom is -0.352 e. The van der Waals surface area contributed by atoms with Gasteiger partial charge in [-0.2, -0.15) is 0 Å². The van der Waals surface area contributed by atoms with Gasteiger partial charge in [0.2, 0.25) is 21.8 Å². The molecule has 3 aromatic carbocycles. The molecule has 7 nitrogen and oxygen atoms in total. The fourth-order valence-corrected chi connectivity index (χ4v) is 6.53. The number of nitrogens with one attached hydrogen (secondary N) is 1. The number of halogens is 3. The van der Waals surface area contributed by atoms with Crippen LogP contribution in [0.5, 0.6) is 0 Å². The second-order valence-corrected chi connectivity index (χ2v) is 13.4. The van der Waals surface area contributed by atoms with Crippen LogP contribution in [0.1, 0.15) is 36.8 Å². The zero-order valence-electron chi connectivity index (χ0n) is 22.6. The van der Waals surface area contributed by atoms with Gasteiger partial charge in [0.05, 0.1) is 17.0 Å². The van der Waals surface area contributed by atoms with Crippen molar-refractivity contribution in [1.29, 1.82) is 0 Å². The number of sulfonamides is 1. The molecule has 1 saturated carbocycles. The third-order valence-electron chi connectivity index (χ3n) is 7.10. The Morgan fingerprint density at radius 3 is 2.15 bits per heavy atom. The molecule has 41 heavy (non-hydrogen) atoms. The van der Waals surface area contributed by atoms with Crippen LogP contribution in [0.15, 0.2) is 72.8 Å². The van der Waals surface area contributed by atoms with Crippen molar-refractivity contribution in [2.75, 3.05) is 17.1 Å². The van der Waals surface area contributed by atoms with Crippen LogP contribution < -0.4 is 9.62 Å². The largest absolute Gasteiger partial charge is 0.352 e. The minimum atomic E-state index is -3.94. The molecule has 1 aliphatic carbocycles. The topological polar surface area (TPSA) is 86.8 Å². The standard InChI is InChI=1S/C30H32Cl3N3O4S/c1-41(39,40)36(27-16-15-24(32)18-26(27)33)20-29(37)35(19-22-11-13-23(31)14-12-22)28(17-21-7-3-2-4-8-21)30(38)34-25-9-5-6-10-25/h2-4,7-8,11-16,18,25,28H,5-6,9-10,17,19-20H2,1H3,(H,34,38)/t28-/m1/s1. The number of carbonyl (C=O) groups excluding carboxylic acids is 2. The molecule has 0 saturated heterocycles. The first kappa shape index (κ1) is 31.2. The number of benzene rings is 3. The average molecular weight is 637 g/mol. The van der Waals surface area contributed by atoms with Crippen molar-refractivity contribution >= 4 is 62.3 Å². The smallest absolute Gasteiger partial charge is 0.244 e. The van der Waals surface area contributed by atoms with Crippen molar-refractivity contribution in [2.24, 2.45) is 0 Å². The SMILES string of the molecule is CS(=O)(=O)N(CC(=O)N(Cc1ccc(Cl)cc1)[C@H](Cc1ccccc1)C(=O)NC1CCCC1)c1ccc(Cl)cc1Cl. The van der Waals surface area contributed by atoms with E-state index in [0.717, 1.165) is 47.4 Å². The summed E-state index contributed by atoms with van der Waals surface area (Å²) in [4.78, 5) is 29.4. The van der Waals surface area contributed by atoms with E-state index >= 15 is 0 Å². The van der Waals surface area contributed by atoms with Crippen LogP contribution in [-0.2, 0) is 32.6 Å². The zero-order valence-corrected chi connectivity index (χ0v) is 25.7. The summed E-state index contributed by atoms with van der Waals surface area (Å²) in [6.45, 7) is -0.493. The maximum Gasteiger partial charge on any atom is 0.244 e. The van der Waals surface area contributed by atoms with E-state index < -0.39 is 28.5 Å². The third-order valence-corrected chi connectivity index (χ3v) is 9.01. The number of carbonyl (C=O) groups is 2. The molecule has 1 N–H and O–H groups in total. The summed E-state index contributed by atoms with van der Waals surface area (Å²) in [6, 6.07) is 19.9. The van der Waals surface area contributed by atoms with Gasteiger partial charge in [0.1, 0.15) is 12.6 Å². The Labute approximate surface area is 256 Å². The van der Waals surface area contributed by atoms with Gasteiger partial charge in [0.25, 0.3) is 0 Å². The lowest BCUT2D eigenvalue weighted by molar-refractivity contribution is -0.140. The Kier molecular flexibility index (Phi) is 10.6. The summed E-state index contributed by atoms with van der Waals surface area (Å²) < 4.78 is 26.8. The molecule has 0 radical (unpaired) electrons. The van der Waals surface area contributed by atoms with Crippen molar-refractivity contribution < 1.29 is 18.0 Å². The van der Waals surface area contributed by atoms with Crippen molar-refractivity contribution in [2.45, 2.75) is 50.7 Å². The zero-order chi connectivity index (χ0) is 29.6. The van der Waals surface area contributed by atoms with E-state index in [-0.39, 0.29) is 35.6 Å². The van der Waals surface area contributed by atoms with E-state index in [4.69, 9.17) is 34.8 Å². The third kappa shape index (κ3) is 8.61. The van der Waals surface area contributed by atoms with E-state index in [1.165, 1.54) is 23.1 Å². The Balaban J connectivity index is 1.73. The molecule has 11 heteroatoms. The first-order chi connectivity index (χ1) is 19.5. The van der Waals surface area contributed by atoms with Gasteiger partial charge in [0, 0.05) is 29.1 Å². The maximum atomic E-state index is 14.1. The summed E-state index contributed by atoms with van der Waals surface area (Å²) in [6.07, 6.45) is 5.08. The quantitative estimate of drug-likeness (QED) is 0.275. The molecule has 3 aromatic rings. The van der Waals surface area contributed by atoms with E-state index in [1.807, 2.05) is 30.3 Å². The fraction of sp³-hybridized carbons (Fsp3) is 0.333. The molecule has 0 bridgehead atoms. The molecule has 0 unspecified atom stereocenters. The Morgan fingerprint density at radius 2 is 1.54 bits per heavy atom. The molecule has 0 heterocycles. The van der Waals surface area contributed by atoms with Gasteiger partial charge in [-0.3, -0.25) is 13.9 Å². The predicted molar refractivity (Wildman–Crippen MR) is 165 cm³/mol. The Hall–Kier alpha value is -2.78. The van der Waals surface area contributed by atoms with E-state index in [0.29, 0.717) is 10.0 Å². The van der Waals surface area contributed by atoms with Gasteiger partial charge in [-0.1, -0.05) is 90.1 Å². The van der Waals surface area contributed by atoms with E-state index in [2.05, 4.69) is 5.32 Å². The predicted octanol–water partition coefficient (Wildman–Crippen LogP) is 6.11. The van der Waals surface area contributed by atoms with Crippen LogP contribution in [0.3, 0.4) is 0 Å². The molecular weight excluding hydrogens is 605 g/mol. The van der Waals surface area contributed by atoms with Crippen molar-refractivity contribution in [3.05, 3.63) is 99.0 Å². The second-order valence-electron chi connectivity index (χ2n) is 10.2. The molecule has 4 rings (SSSR count). The molecule has 1 aliphatic rings. The summed E-state index contributed by atoms with van der Waals surface area (Å²) >= 11 is 18.5. The lowest BCUT2D eigenvalue weighted by Gasteiger charge is -2.34. The normalized spacial score (nSPS) is 14.4. The highest BCUT2D eigenvalue weighted by Gasteiger charge is 2.34. The Bertz CT molecular complexity index is 1460. The lowest BCUT2D eigenvalue weighted by atomic mass is 10.0. The molecule has 0 spiro atoms.